The summed E-state index contributed by atoms with van der Waals surface area (Å²) < 4.78 is 0. The van der Waals surface area contributed by atoms with E-state index in [-0.39, 0.29) is 11.8 Å². The van der Waals surface area contributed by atoms with Crippen LogP contribution in [-0.2, 0) is 15.0 Å². The van der Waals surface area contributed by atoms with Gasteiger partial charge in [-0.3, -0.25) is 9.59 Å². The lowest BCUT2D eigenvalue weighted by atomic mass is 9.95. The summed E-state index contributed by atoms with van der Waals surface area (Å²) in [6, 6.07) is 17.2. The number of benzene rings is 2. The topological polar surface area (TPSA) is 58.2 Å². The van der Waals surface area contributed by atoms with E-state index < -0.39 is 5.41 Å². The zero-order valence-corrected chi connectivity index (χ0v) is 13.8. The summed E-state index contributed by atoms with van der Waals surface area (Å²) in [5.74, 6) is 0.00894. The van der Waals surface area contributed by atoms with Crippen molar-refractivity contribution < 1.29 is 9.59 Å². The Balaban J connectivity index is 1.70. The Morgan fingerprint density at radius 1 is 0.958 bits per heavy atom. The first kappa shape index (κ1) is 16.2. The van der Waals surface area contributed by atoms with Crippen LogP contribution in [0, 0.1) is 0 Å². The monoisotopic (exact) mass is 322 g/mol. The van der Waals surface area contributed by atoms with E-state index in [0.29, 0.717) is 17.8 Å². The first-order valence-electron chi connectivity index (χ1n) is 8.41. The molecule has 3 rings (SSSR count). The number of amides is 2. The summed E-state index contributed by atoms with van der Waals surface area (Å²) in [4.78, 5) is 24.4. The first-order valence-corrected chi connectivity index (χ1v) is 8.41. The van der Waals surface area contributed by atoms with E-state index in [4.69, 9.17) is 0 Å². The largest absolute Gasteiger partial charge is 0.326 e. The number of carbonyl (C=O) groups excluding carboxylic acids is 2. The highest BCUT2D eigenvalue weighted by atomic mass is 16.2. The van der Waals surface area contributed by atoms with Crippen molar-refractivity contribution >= 4 is 23.2 Å². The number of rotatable bonds is 6. The second-order valence-corrected chi connectivity index (χ2v) is 6.28. The minimum atomic E-state index is -0.400. The van der Waals surface area contributed by atoms with Crippen molar-refractivity contribution in [3.8, 4) is 0 Å². The van der Waals surface area contributed by atoms with Gasteiger partial charge >= 0.3 is 0 Å². The van der Waals surface area contributed by atoms with Crippen molar-refractivity contribution in [2.75, 3.05) is 10.6 Å². The first-order chi connectivity index (χ1) is 11.6. The van der Waals surface area contributed by atoms with Gasteiger partial charge in [-0.05, 0) is 43.0 Å². The summed E-state index contributed by atoms with van der Waals surface area (Å²) in [6.45, 7) is 1.97. The molecular formula is C20H22N2O2. The van der Waals surface area contributed by atoms with E-state index in [1.807, 2.05) is 55.5 Å². The van der Waals surface area contributed by atoms with Crippen LogP contribution >= 0.6 is 0 Å². The maximum atomic E-state index is 12.7. The van der Waals surface area contributed by atoms with E-state index in [2.05, 4.69) is 10.6 Å². The lowest BCUT2D eigenvalue weighted by Crippen LogP contribution is -2.27. The average Bonchev–Trinajstić information content (AvgIpc) is 3.38. The second kappa shape index (κ2) is 6.87. The maximum absolute atomic E-state index is 12.7. The highest BCUT2D eigenvalue weighted by Gasteiger charge is 2.51. The quantitative estimate of drug-likeness (QED) is 0.841. The predicted molar refractivity (Wildman–Crippen MR) is 96.0 cm³/mol. The summed E-state index contributed by atoms with van der Waals surface area (Å²) in [6.07, 6.45) is 3.04. The highest BCUT2D eigenvalue weighted by molar-refractivity contribution is 6.02. The summed E-state index contributed by atoms with van der Waals surface area (Å²) in [7, 11) is 0. The fraction of sp³-hybridized carbons (Fsp3) is 0.300. The average molecular weight is 322 g/mol. The molecule has 0 aliphatic heterocycles. The van der Waals surface area contributed by atoms with Gasteiger partial charge in [-0.1, -0.05) is 43.3 Å². The third-order valence-corrected chi connectivity index (χ3v) is 4.39. The molecule has 2 aromatic carbocycles. The van der Waals surface area contributed by atoms with Gasteiger partial charge in [0.1, 0.15) is 0 Å². The Bertz CT molecular complexity index is 736. The van der Waals surface area contributed by atoms with E-state index in [0.717, 1.165) is 24.8 Å². The minimum absolute atomic E-state index is 0.0103. The summed E-state index contributed by atoms with van der Waals surface area (Å²) in [5, 5.41) is 5.85. The van der Waals surface area contributed by atoms with Gasteiger partial charge in [0.25, 0.3) is 0 Å². The van der Waals surface area contributed by atoms with Crippen molar-refractivity contribution in [1.82, 2.24) is 0 Å². The van der Waals surface area contributed by atoms with Gasteiger partial charge in [0, 0.05) is 17.8 Å². The van der Waals surface area contributed by atoms with Gasteiger partial charge in [-0.2, -0.15) is 0 Å². The number of carbonyl (C=O) groups is 2. The van der Waals surface area contributed by atoms with Crippen LogP contribution in [0.3, 0.4) is 0 Å². The number of hydrogen-bond donors (Lipinski definition) is 2. The van der Waals surface area contributed by atoms with Gasteiger partial charge < -0.3 is 10.6 Å². The Morgan fingerprint density at radius 3 is 2.25 bits per heavy atom. The van der Waals surface area contributed by atoms with Crippen LogP contribution in [-0.4, -0.2) is 11.8 Å². The number of anilines is 2. The molecule has 0 aromatic heterocycles. The third kappa shape index (κ3) is 3.48. The molecule has 0 radical (unpaired) electrons. The predicted octanol–water partition coefficient (Wildman–Crippen LogP) is 4.10. The molecule has 1 fully saturated rings. The van der Waals surface area contributed by atoms with E-state index >= 15 is 0 Å². The van der Waals surface area contributed by atoms with Crippen molar-refractivity contribution in [3.63, 3.8) is 0 Å². The zero-order valence-electron chi connectivity index (χ0n) is 13.8. The molecule has 1 aliphatic carbocycles. The van der Waals surface area contributed by atoms with Crippen molar-refractivity contribution in [1.29, 1.82) is 0 Å². The van der Waals surface area contributed by atoms with Gasteiger partial charge in [-0.25, -0.2) is 0 Å². The van der Waals surface area contributed by atoms with Crippen LogP contribution in [0.2, 0.25) is 0 Å². The lowest BCUT2D eigenvalue weighted by molar-refractivity contribution is -0.118. The number of nitrogens with one attached hydrogen (secondary N) is 2. The molecule has 2 amide bonds. The molecule has 0 saturated heterocycles. The zero-order chi connectivity index (χ0) is 17.0. The normalized spacial score (nSPS) is 14.7. The Morgan fingerprint density at radius 2 is 1.62 bits per heavy atom. The summed E-state index contributed by atoms with van der Waals surface area (Å²) >= 11 is 0. The van der Waals surface area contributed by atoms with Crippen LogP contribution in [0.5, 0.6) is 0 Å². The minimum Gasteiger partial charge on any atom is -0.326 e. The smallest absolute Gasteiger partial charge is 0.235 e. The van der Waals surface area contributed by atoms with Crippen LogP contribution in [0.4, 0.5) is 11.4 Å². The Labute approximate surface area is 142 Å². The van der Waals surface area contributed by atoms with Gasteiger partial charge in [0.05, 0.1) is 5.41 Å². The molecule has 124 valence electrons. The van der Waals surface area contributed by atoms with E-state index in [9.17, 15) is 9.59 Å². The standard InChI is InChI=1S/C20H22N2O2/c1-2-7-18(23)21-16-10-6-11-17(14-16)22-19(24)20(12-13-20)15-8-4-3-5-9-15/h3-6,8-11,14H,2,7,12-13H2,1H3,(H,21,23)(H,22,24). The SMILES string of the molecule is CCCC(=O)Nc1cccc(NC(=O)C2(c3ccccc3)CC2)c1. The van der Waals surface area contributed by atoms with Crippen molar-refractivity contribution in [3.05, 3.63) is 60.2 Å². The van der Waals surface area contributed by atoms with Crippen LogP contribution < -0.4 is 10.6 Å². The van der Waals surface area contributed by atoms with Gasteiger partial charge in [0.2, 0.25) is 11.8 Å². The number of hydrogen-bond acceptors (Lipinski definition) is 2. The Kier molecular flexibility index (Phi) is 4.65. The fourth-order valence-corrected chi connectivity index (χ4v) is 2.91. The molecule has 0 heterocycles. The van der Waals surface area contributed by atoms with E-state index in [1.54, 1.807) is 6.07 Å². The maximum Gasteiger partial charge on any atom is 0.235 e. The molecule has 2 N–H and O–H groups in total. The molecule has 4 heteroatoms. The molecule has 0 atom stereocenters. The molecule has 1 aliphatic rings. The molecule has 24 heavy (non-hydrogen) atoms. The fourth-order valence-electron chi connectivity index (χ4n) is 2.91. The van der Waals surface area contributed by atoms with Crippen molar-refractivity contribution in [2.24, 2.45) is 0 Å². The van der Waals surface area contributed by atoms with E-state index in [1.165, 1.54) is 0 Å². The van der Waals surface area contributed by atoms with Crippen LogP contribution in [0.25, 0.3) is 0 Å². The molecule has 1 saturated carbocycles. The molecule has 2 aromatic rings. The molecule has 0 unspecified atom stereocenters. The third-order valence-electron chi connectivity index (χ3n) is 4.39. The van der Waals surface area contributed by atoms with Crippen LogP contribution in [0.1, 0.15) is 38.2 Å². The summed E-state index contributed by atoms with van der Waals surface area (Å²) in [5.41, 5.74) is 2.07. The highest BCUT2D eigenvalue weighted by Crippen LogP contribution is 2.48. The second-order valence-electron chi connectivity index (χ2n) is 6.28. The molecule has 0 spiro atoms. The molecule has 0 bridgehead atoms. The lowest BCUT2D eigenvalue weighted by Gasteiger charge is -2.16. The van der Waals surface area contributed by atoms with Gasteiger partial charge in [-0.15, -0.1) is 0 Å². The van der Waals surface area contributed by atoms with Crippen LogP contribution in [0.15, 0.2) is 54.6 Å². The van der Waals surface area contributed by atoms with Gasteiger partial charge in [0.15, 0.2) is 0 Å². The molecule has 4 nitrogen and oxygen atoms in total. The molecular weight excluding hydrogens is 300 g/mol. The van der Waals surface area contributed by atoms with Crippen molar-refractivity contribution in [2.45, 2.75) is 38.0 Å². The Hall–Kier alpha value is -2.62.